The minimum absolute atomic E-state index is 0.116. The molecule has 8 heteroatoms. The number of carbonyl (C=O) groups is 2. The lowest BCUT2D eigenvalue weighted by Crippen LogP contribution is -2.49. The third-order valence-electron chi connectivity index (χ3n) is 3.57. The van der Waals surface area contributed by atoms with Crippen molar-refractivity contribution in [3.63, 3.8) is 0 Å². The topological polar surface area (TPSA) is 85.3 Å². The number of morpholine rings is 1. The van der Waals surface area contributed by atoms with Gasteiger partial charge in [-0.25, -0.2) is 0 Å². The number of fused-ring (bicyclic) bond motifs is 1. The first-order valence-corrected chi connectivity index (χ1v) is 7.55. The summed E-state index contributed by atoms with van der Waals surface area (Å²) in [6, 6.07) is 2.80. The predicted molar refractivity (Wildman–Crippen MR) is 78.2 cm³/mol. The molecule has 1 N–H and O–H groups in total. The zero-order chi connectivity index (χ0) is 15.7. The quantitative estimate of drug-likeness (QED) is 0.866. The number of halogens is 1. The van der Waals surface area contributed by atoms with Crippen LogP contribution in [0.2, 0.25) is 0 Å². The molecule has 1 amide bonds. The van der Waals surface area contributed by atoms with Crippen molar-refractivity contribution in [2.24, 2.45) is 0 Å². The molecule has 1 aromatic carbocycles. The first-order chi connectivity index (χ1) is 10.6. The van der Waals surface area contributed by atoms with Crippen LogP contribution in [0.5, 0.6) is 11.5 Å². The molecule has 2 heterocycles. The highest BCUT2D eigenvalue weighted by Gasteiger charge is 2.31. The molecule has 0 saturated carbocycles. The van der Waals surface area contributed by atoms with E-state index >= 15 is 0 Å². The summed E-state index contributed by atoms with van der Waals surface area (Å²) in [5.41, 5.74) is 0.424. The van der Waals surface area contributed by atoms with Gasteiger partial charge in [0.15, 0.2) is 11.5 Å². The van der Waals surface area contributed by atoms with Crippen LogP contribution in [0.3, 0.4) is 0 Å². The monoisotopic (exact) mass is 371 g/mol. The lowest BCUT2D eigenvalue weighted by atomic mass is 10.1. The van der Waals surface area contributed by atoms with Crippen molar-refractivity contribution in [1.29, 1.82) is 0 Å². The van der Waals surface area contributed by atoms with Gasteiger partial charge in [0.05, 0.1) is 30.1 Å². The Bertz CT molecular complexity index is 620. The summed E-state index contributed by atoms with van der Waals surface area (Å²) >= 11 is 3.35. The SMILES string of the molecule is O=C(O)CC1COCCN1C(=O)c1cc(Br)c2c(c1)OCO2. The van der Waals surface area contributed by atoms with Gasteiger partial charge in [-0.2, -0.15) is 0 Å². The number of hydrogen-bond acceptors (Lipinski definition) is 5. The molecule has 0 spiro atoms. The number of amides is 1. The highest BCUT2D eigenvalue weighted by molar-refractivity contribution is 9.10. The molecule has 1 unspecified atom stereocenters. The molecule has 1 saturated heterocycles. The van der Waals surface area contributed by atoms with Crippen molar-refractivity contribution in [3.05, 3.63) is 22.2 Å². The number of carboxylic acids is 1. The fourth-order valence-electron chi connectivity index (χ4n) is 2.55. The van der Waals surface area contributed by atoms with Crippen LogP contribution in [0.25, 0.3) is 0 Å². The van der Waals surface area contributed by atoms with E-state index in [2.05, 4.69) is 15.9 Å². The minimum Gasteiger partial charge on any atom is -0.481 e. The summed E-state index contributed by atoms with van der Waals surface area (Å²) in [6.45, 7) is 1.10. The van der Waals surface area contributed by atoms with E-state index < -0.39 is 12.0 Å². The first-order valence-electron chi connectivity index (χ1n) is 6.76. The van der Waals surface area contributed by atoms with Gasteiger partial charge in [0.2, 0.25) is 6.79 Å². The molecule has 0 bridgehead atoms. The molecule has 1 atom stereocenters. The van der Waals surface area contributed by atoms with Gasteiger partial charge in [0, 0.05) is 12.1 Å². The normalized spacial score (nSPS) is 20.0. The number of benzene rings is 1. The van der Waals surface area contributed by atoms with E-state index in [-0.39, 0.29) is 25.7 Å². The third kappa shape index (κ3) is 2.89. The second kappa shape index (κ2) is 6.13. The molecule has 118 valence electrons. The summed E-state index contributed by atoms with van der Waals surface area (Å²) < 4.78 is 16.5. The van der Waals surface area contributed by atoms with E-state index in [4.69, 9.17) is 19.3 Å². The van der Waals surface area contributed by atoms with Gasteiger partial charge in [-0.05, 0) is 28.1 Å². The number of ether oxygens (including phenoxy) is 3. The van der Waals surface area contributed by atoms with Crippen molar-refractivity contribution < 1.29 is 28.9 Å². The van der Waals surface area contributed by atoms with E-state index in [0.717, 1.165) is 0 Å². The van der Waals surface area contributed by atoms with E-state index in [1.54, 1.807) is 17.0 Å². The van der Waals surface area contributed by atoms with Crippen LogP contribution in [-0.2, 0) is 9.53 Å². The lowest BCUT2D eigenvalue weighted by Gasteiger charge is -2.35. The van der Waals surface area contributed by atoms with Gasteiger partial charge < -0.3 is 24.2 Å². The molecule has 0 aromatic heterocycles. The van der Waals surface area contributed by atoms with Crippen LogP contribution in [0.15, 0.2) is 16.6 Å². The number of carboxylic acid groups (broad SMARTS) is 1. The number of rotatable bonds is 3. The zero-order valence-electron chi connectivity index (χ0n) is 11.6. The summed E-state index contributed by atoms with van der Waals surface area (Å²) in [4.78, 5) is 25.2. The van der Waals surface area contributed by atoms with Crippen LogP contribution in [-0.4, -0.2) is 54.5 Å². The summed E-state index contributed by atoms with van der Waals surface area (Å²) in [5, 5.41) is 8.97. The Morgan fingerprint density at radius 1 is 1.36 bits per heavy atom. The predicted octanol–water partition coefficient (Wildman–Crippen LogP) is 1.49. The van der Waals surface area contributed by atoms with Crippen LogP contribution in [0, 0.1) is 0 Å². The number of carbonyl (C=O) groups excluding carboxylic acids is 1. The summed E-state index contributed by atoms with van der Waals surface area (Å²) in [5.74, 6) is -0.130. The van der Waals surface area contributed by atoms with Crippen molar-refractivity contribution in [3.8, 4) is 11.5 Å². The van der Waals surface area contributed by atoms with Crippen molar-refractivity contribution in [2.75, 3.05) is 26.6 Å². The first kappa shape index (κ1) is 15.1. The molecule has 2 aliphatic rings. The Hall–Kier alpha value is -1.80. The zero-order valence-corrected chi connectivity index (χ0v) is 13.2. The summed E-state index contributed by atoms with van der Waals surface area (Å²) in [7, 11) is 0. The molecule has 3 rings (SSSR count). The van der Waals surface area contributed by atoms with Crippen LogP contribution < -0.4 is 9.47 Å². The maximum absolute atomic E-state index is 12.7. The highest BCUT2D eigenvalue weighted by Crippen LogP contribution is 2.40. The van der Waals surface area contributed by atoms with Gasteiger partial charge in [-0.15, -0.1) is 0 Å². The molecular weight excluding hydrogens is 358 g/mol. The van der Waals surface area contributed by atoms with Crippen molar-refractivity contribution in [2.45, 2.75) is 12.5 Å². The molecule has 1 aromatic rings. The summed E-state index contributed by atoms with van der Waals surface area (Å²) in [6.07, 6.45) is -0.141. The van der Waals surface area contributed by atoms with Crippen molar-refractivity contribution in [1.82, 2.24) is 4.90 Å². The van der Waals surface area contributed by atoms with Crippen LogP contribution in [0.1, 0.15) is 16.8 Å². The van der Waals surface area contributed by atoms with E-state index in [9.17, 15) is 9.59 Å². The fourth-order valence-corrected chi connectivity index (χ4v) is 3.11. The van der Waals surface area contributed by atoms with Gasteiger partial charge in [0.25, 0.3) is 5.91 Å². The van der Waals surface area contributed by atoms with Gasteiger partial charge in [0.1, 0.15) is 0 Å². The van der Waals surface area contributed by atoms with Crippen LogP contribution in [0.4, 0.5) is 0 Å². The lowest BCUT2D eigenvalue weighted by molar-refractivity contribution is -0.139. The Balaban J connectivity index is 1.86. The second-order valence-corrected chi connectivity index (χ2v) is 5.87. The Labute approximate surface area is 134 Å². The van der Waals surface area contributed by atoms with Gasteiger partial charge >= 0.3 is 5.97 Å². The molecule has 0 radical (unpaired) electrons. The Kier molecular flexibility index (Phi) is 4.21. The maximum Gasteiger partial charge on any atom is 0.305 e. The second-order valence-electron chi connectivity index (χ2n) is 5.02. The highest BCUT2D eigenvalue weighted by atomic mass is 79.9. The molecule has 22 heavy (non-hydrogen) atoms. The Morgan fingerprint density at radius 2 is 2.18 bits per heavy atom. The van der Waals surface area contributed by atoms with E-state index in [0.29, 0.717) is 34.7 Å². The molecule has 0 aliphatic carbocycles. The molecule has 2 aliphatic heterocycles. The van der Waals surface area contributed by atoms with Gasteiger partial charge in [-0.1, -0.05) is 0 Å². The fraction of sp³-hybridized carbons (Fsp3) is 0.429. The number of nitrogens with zero attached hydrogens (tertiary/aromatic N) is 1. The molecule has 7 nitrogen and oxygen atoms in total. The minimum atomic E-state index is -0.958. The Morgan fingerprint density at radius 3 is 2.95 bits per heavy atom. The average molecular weight is 372 g/mol. The number of aliphatic carboxylic acids is 1. The molecular formula is C14H14BrNO6. The van der Waals surface area contributed by atoms with Gasteiger partial charge in [-0.3, -0.25) is 9.59 Å². The van der Waals surface area contributed by atoms with E-state index in [1.165, 1.54) is 0 Å². The van der Waals surface area contributed by atoms with Crippen LogP contribution >= 0.6 is 15.9 Å². The smallest absolute Gasteiger partial charge is 0.305 e. The third-order valence-corrected chi connectivity index (χ3v) is 4.16. The average Bonchev–Trinajstić information content (AvgIpc) is 2.95. The number of hydrogen-bond donors (Lipinski definition) is 1. The standard InChI is InChI=1S/C14H14BrNO6/c15-10-3-8(4-11-13(10)22-7-21-11)14(19)16-1-2-20-6-9(16)5-12(17)18/h3-4,9H,1-2,5-7H2,(H,17,18). The van der Waals surface area contributed by atoms with Crippen molar-refractivity contribution >= 4 is 27.8 Å². The largest absolute Gasteiger partial charge is 0.481 e. The van der Waals surface area contributed by atoms with E-state index in [1.807, 2.05) is 0 Å². The maximum atomic E-state index is 12.7. The molecule has 1 fully saturated rings.